The third-order valence-corrected chi connectivity index (χ3v) is 27.0. The van der Waals surface area contributed by atoms with E-state index in [2.05, 4.69) is 34.6 Å². The van der Waals surface area contributed by atoms with Gasteiger partial charge in [-0.25, -0.2) is 0 Å². The Morgan fingerprint density at radius 3 is 2.09 bits per heavy atom. The van der Waals surface area contributed by atoms with E-state index < -0.39 is 0 Å². The number of hydrogen-bond donors (Lipinski definition) is 0. The lowest BCUT2D eigenvalue weighted by Gasteiger charge is -3.47. The van der Waals surface area contributed by atoms with Crippen LogP contribution in [0.25, 0.3) is 0 Å². The van der Waals surface area contributed by atoms with E-state index in [4.69, 9.17) is 0 Å². The van der Waals surface area contributed by atoms with Crippen molar-refractivity contribution in [1.82, 2.24) is 0 Å². The molecule has 19 aliphatic carbocycles. The van der Waals surface area contributed by atoms with Crippen molar-refractivity contribution in [2.75, 3.05) is 0 Å². The lowest BCUT2D eigenvalue weighted by Crippen LogP contribution is -3.45. The van der Waals surface area contributed by atoms with E-state index in [1.165, 1.54) is 76.9 Å². The first-order chi connectivity index (χ1) is 16.9. The number of rotatable bonds is 0. The maximum absolute atomic E-state index is 3.02. The maximum atomic E-state index is 3.02. The summed E-state index contributed by atoms with van der Waals surface area (Å²) in [5.74, 6) is 19.0. The van der Waals surface area contributed by atoms with E-state index in [0.29, 0.717) is 0 Å². The summed E-state index contributed by atoms with van der Waals surface area (Å²) in [5.41, 5.74) is 12.1. The van der Waals surface area contributed by atoms with E-state index in [-0.39, 0.29) is 0 Å². The van der Waals surface area contributed by atoms with Gasteiger partial charge in [0.15, 0.2) is 0 Å². The zero-order valence-corrected chi connectivity index (χ0v) is 21.6. The van der Waals surface area contributed by atoms with Gasteiger partial charge in [0.2, 0.25) is 0 Å². The van der Waals surface area contributed by atoms with Crippen molar-refractivity contribution in [3.8, 4) is 0 Å². The van der Waals surface area contributed by atoms with Crippen LogP contribution in [-0.4, -0.2) is 0 Å². The minimum atomic E-state index is 0.736. The molecule has 0 saturated heterocycles. The molecule has 0 bridgehead atoms. The molecule has 0 amide bonds. The molecular formula is C35H34. The first-order valence-electron chi connectivity index (χ1n) is 16.9. The fraction of sp³-hybridized carbons (Fsp3) is 1.00. The van der Waals surface area contributed by atoms with Crippen LogP contribution in [0.2, 0.25) is 0 Å². The van der Waals surface area contributed by atoms with Gasteiger partial charge >= 0.3 is 0 Å². The van der Waals surface area contributed by atoms with Gasteiger partial charge in [0, 0.05) is 0 Å². The molecule has 19 aliphatic rings. The SMILES string of the molecule is C[C@@H]1C2C3C4C5CC6C7C8CC9C%10C%11C%12[C@H](C)[C@]%13(C)C%12%14C%11%12C%10%11C%10C7(C56C4C34C%10%12C%143C24[C@@]1(C)[C@@]3%13C)C89%11. The summed E-state index contributed by atoms with van der Waals surface area (Å²) in [6.07, 6.45) is 3.53. The highest BCUT2D eigenvalue weighted by Crippen LogP contribution is 3.48. The predicted octanol–water partition coefficient (Wildman–Crippen LogP) is 5.19. The van der Waals surface area contributed by atoms with Crippen molar-refractivity contribution in [1.29, 1.82) is 0 Å². The molecule has 0 aromatic rings. The molecule has 0 heteroatoms. The summed E-state index contributed by atoms with van der Waals surface area (Å²) < 4.78 is 0. The van der Waals surface area contributed by atoms with Crippen molar-refractivity contribution in [2.45, 2.75) is 47.5 Å². The van der Waals surface area contributed by atoms with Gasteiger partial charge in [0.05, 0.1) is 0 Å². The van der Waals surface area contributed by atoms with Gasteiger partial charge in [-0.3, -0.25) is 0 Å². The van der Waals surface area contributed by atoms with Gasteiger partial charge in [-0.1, -0.05) is 34.6 Å². The molecule has 19 fully saturated rings. The number of hydrogen-bond acceptors (Lipinski definition) is 0. The maximum Gasteiger partial charge on any atom is -0.00202 e. The van der Waals surface area contributed by atoms with Crippen molar-refractivity contribution < 1.29 is 0 Å². The molecule has 0 N–H and O–H groups in total. The Morgan fingerprint density at radius 2 is 1.26 bits per heavy atom. The van der Waals surface area contributed by atoms with E-state index >= 15 is 0 Å². The summed E-state index contributed by atoms with van der Waals surface area (Å²) in [5, 5.41) is 0. The molecule has 35 heavy (non-hydrogen) atoms. The van der Waals surface area contributed by atoms with Crippen LogP contribution < -0.4 is 0 Å². The monoisotopic (exact) mass is 454 g/mol. The Balaban J connectivity index is 1.09. The summed E-state index contributed by atoms with van der Waals surface area (Å²) in [6.45, 7) is 14.6. The molecule has 0 aliphatic heterocycles. The minimum absolute atomic E-state index is 0.736. The van der Waals surface area contributed by atoms with Crippen LogP contribution in [0.4, 0.5) is 0 Å². The highest BCUT2D eigenvalue weighted by atomic mass is 15.5. The standard InChI is InChI=1S/C35H34/c1-8-15-19-14-10-6-11-17-12-7-13-18-20-16-9(2)24(4)25(5)23(8,3)31(15)28(19)21(14)26(10,11)29(17)22-30(18,27(12,13)29)33(20)32(16,24)35(25,31)34(22,28)33/h8-22H,6-7H2,1-5H3/t8-,9+,10?,11?,12?,13?,14?,15?,16?,17?,18?,19?,20?,21?,22?,23-,24+,25-,26?,27?,28?,29?,30?,31?,32?,33?,34?,35?/m1/s1. The summed E-state index contributed by atoms with van der Waals surface area (Å²) in [4.78, 5) is 0. The number of fused-ring (bicyclic) bond motifs is 10. The van der Waals surface area contributed by atoms with Crippen molar-refractivity contribution >= 4 is 0 Å². The van der Waals surface area contributed by atoms with Crippen LogP contribution in [0.15, 0.2) is 0 Å². The smallest absolute Gasteiger partial charge is 0.00202 e. The van der Waals surface area contributed by atoms with Crippen LogP contribution in [0.1, 0.15) is 47.5 Å². The van der Waals surface area contributed by atoms with Crippen molar-refractivity contribution in [3.05, 3.63) is 0 Å². The molecule has 28 atom stereocenters. The summed E-state index contributed by atoms with van der Waals surface area (Å²) >= 11 is 0. The molecule has 19 saturated carbocycles. The molecule has 23 unspecified atom stereocenters. The molecule has 0 aromatic heterocycles. The molecule has 0 nitrogen and oxygen atoms in total. The van der Waals surface area contributed by atoms with Crippen LogP contribution in [0.5, 0.6) is 0 Å². The van der Waals surface area contributed by atoms with Gasteiger partial charge < -0.3 is 0 Å². The van der Waals surface area contributed by atoms with Crippen molar-refractivity contribution in [3.63, 3.8) is 0 Å². The third-order valence-electron chi connectivity index (χ3n) is 27.0. The summed E-state index contributed by atoms with van der Waals surface area (Å²) in [7, 11) is 0. The normalized spacial score (nSPS) is 119. The van der Waals surface area contributed by atoms with E-state index in [1.54, 1.807) is 12.8 Å². The fourth-order valence-corrected chi connectivity index (χ4v) is 31.4. The molecular weight excluding hydrogens is 420 g/mol. The highest BCUT2D eigenvalue weighted by molar-refractivity contribution is 5.91. The van der Waals surface area contributed by atoms with E-state index in [0.717, 1.165) is 82.2 Å². The van der Waals surface area contributed by atoms with E-state index in [9.17, 15) is 0 Å². The van der Waals surface area contributed by atoms with Crippen LogP contribution in [0.3, 0.4) is 0 Å². The predicted molar refractivity (Wildman–Crippen MR) is 122 cm³/mol. The zero-order valence-electron chi connectivity index (χ0n) is 21.6. The van der Waals surface area contributed by atoms with Gasteiger partial charge in [-0.15, -0.1) is 0 Å². The minimum Gasteiger partial charge on any atom is -0.0616 e. The quantitative estimate of drug-likeness (QED) is 0.473. The third kappa shape index (κ3) is 0.392. The Labute approximate surface area is 206 Å². The topological polar surface area (TPSA) is 0 Å². The summed E-state index contributed by atoms with van der Waals surface area (Å²) in [6, 6.07) is 0. The second kappa shape index (κ2) is 2.37. The van der Waals surface area contributed by atoms with E-state index in [1.807, 2.05) is 0 Å². The zero-order chi connectivity index (χ0) is 21.6. The largest absolute Gasteiger partial charge is 0.0616 e. The molecule has 0 heterocycles. The Kier molecular flexibility index (Phi) is 0.975. The average Bonchev–Trinajstić information content (AvgIpc) is 2.77. The van der Waals surface area contributed by atoms with Gasteiger partial charge in [-0.2, -0.15) is 0 Å². The molecule has 10 spiro atoms. The Bertz CT molecular complexity index is 1660. The van der Waals surface area contributed by atoms with Gasteiger partial charge in [0.25, 0.3) is 0 Å². The second-order valence-corrected chi connectivity index (χ2v) is 21.0. The Morgan fingerprint density at radius 1 is 0.543 bits per heavy atom. The first-order valence-corrected chi connectivity index (χ1v) is 16.9. The van der Waals surface area contributed by atoms with Crippen molar-refractivity contribution in [2.24, 2.45) is 159 Å². The van der Waals surface area contributed by atoms with Crippen LogP contribution >= 0.6 is 0 Å². The Hall–Kier alpha value is 0. The lowest BCUT2D eigenvalue weighted by atomic mass is 8.56. The van der Waals surface area contributed by atoms with Gasteiger partial charge in [0.1, 0.15) is 0 Å². The first kappa shape index (κ1) is 14.4. The highest BCUT2D eigenvalue weighted by Gasteiger charge is 3.47. The van der Waals surface area contributed by atoms with Gasteiger partial charge in [-0.05, 0) is 172 Å². The molecule has 174 valence electrons. The molecule has 0 radical (unpaired) electrons. The van der Waals surface area contributed by atoms with Crippen LogP contribution in [0, 0.1) is 159 Å². The molecule has 19 rings (SSSR count). The molecule has 0 aromatic carbocycles. The lowest BCUT2D eigenvalue weighted by molar-refractivity contribution is -1.02. The van der Waals surface area contributed by atoms with Crippen LogP contribution in [-0.2, 0) is 0 Å². The second-order valence-electron chi connectivity index (χ2n) is 21.0. The average molecular weight is 455 g/mol. The fourth-order valence-electron chi connectivity index (χ4n) is 31.4.